The normalized spacial score (nSPS) is 14.7. The third kappa shape index (κ3) is 3.92. The summed E-state index contributed by atoms with van der Waals surface area (Å²) in [5.41, 5.74) is 19.0. The van der Waals surface area contributed by atoms with E-state index in [9.17, 15) is 0 Å². The van der Waals surface area contributed by atoms with Crippen LogP contribution < -0.4 is 4.90 Å². The summed E-state index contributed by atoms with van der Waals surface area (Å²) in [5, 5.41) is 5.03. The maximum atomic E-state index is 2.54. The van der Waals surface area contributed by atoms with E-state index in [1.807, 2.05) is 0 Å². The van der Waals surface area contributed by atoms with Gasteiger partial charge < -0.3 is 4.90 Å². The molecule has 0 atom stereocenters. The fraction of sp³-hybridized carbons (Fsp3) is 0.0741. The highest BCUT2D eigenvalue weighted by Gasteiger charge is 2.52. The van der Waals surface area contributed by atoms with Gasteiger partial charge in [-0.2, -0.15) is 0 Å². The smallest absolute Gasteiger partial charge is 0.0726 e. The highest BCUT2D eigenvalue weighted by atomic mass is 15.1. The van der Waals surface area contributed by atoms with Crippen LogP contribution in [0.15, 0.2) is 188 Å². The van der Waals surface area contributed by atoms with Crippen molar-refractivity contribution in [2.75, 3.05) is 4.90 Å². The second-order valence-corrected chi connectivity index (χ2v) is 16.0. The van der Waals surface area contributed by atoms with Crippen molar-refractivity contribution in [2.24, 2.45) is 0 Å². The van der Waals surface area contributed by atoms with Crippen molar-refractivity contribution >= 4 is 38.6 Å². The number of hydrogen-bond acceptors (Lipinski definition) is 1. The molecule has 0 N–H and O–H groups in total. The lowest BCUT2D eigenvalue weighted by atomic mass is 9.70. The minimum Gasteiger partial charge on any atom is -0.310 e. The van der Waals surface area contributed by atoms with E-state index in [-0.39, 0.29) is 5.41 Å². The van der Waals surface area contributed by atoms with Crippen LogP contribution in [-0.2, 0) is 10.8 Å². The molecule has 3 aliphatic carbocycles. The van der Waals surface area contributed by atoms with Crippen LogP contribution in [0.1, 0.15) is 47.2 Å². The number of nitrogens with zero attached hydrogens (tertiary/aromatic N) is 1. The van der Waals surface area contributed by atoms with Gasteiger partial charge in [0.05, 0.1) is 11.1 Å². The van der Waals surface area contributed by atoms with Gasteiger partial charge in [-0.3, -0.25) is 0 Å². The zero-order chi connectivity index (χ0) is 36.5. The van der Waals surface area contributed by atoms with Gasteiger partial charge >= 0.3 is 0 Å². The Morgan fingerprint density at radius 2 is 0.836 bits per heavy atom. The fourth-order valence-corrected chi connectivity index (χ4v) is 10.7. The second kappa shape index (κ2) is 10.9. The third-order valence-corrected chi connectivity index (χ3v) is 13.1. The summed E-state index contributed by atoms with van der Waals surface area (Å²) in [7, 11) is 0. The number of fused-ring (bicyclic) bond motifs is 16. The maximum absolute atomic E-state index is 2.54. The Bertz CT molecular complexity index is 3040. The lowest BCUT2D eigenvalue weighted by molar-refractivity contribution is 0.660. The quantitative estimate of drug-likeness (QED) is 0.166. The molecule has 1 spiro atoms. The van der Waals surface area contributed by atoms with E-state index in [1.165, 1.54) is 99.7 Å². The first-order valence-corrected chi connectivity index (χ1v) is 19.4. The molecule has 9 aromatic rings. The Balaban J connectivity index is 1.17. The van der Waals surface area contributed by atoms with Gasteiger partial charge in [0, 0.05) is 22.4 Å². The van der Waals surface area contributed by atoms with Crippen LogP contribution in [0.25, 0.3) is 54.9 Å². The predicted molar refractivity (Wildman–Crippen MR) is 230 cm³/mol. The molecule has 0 saturated heterocycles. The van der Waals surface area contributed by atoms with Crippen LogP contribution >= 0.6 is 0 Å². The van der Waals surface area contributed by atoms with Gasteiger partial charge in [0.2, 0.25) is 0 Å². The summed E-state index contributed by atoms with van der Waals surface area (Å²) in [4.78, 5) is 2.54. The first-order valence-electron chi connectivity index (χ1n) is 19.4. The molecule has 9 aromatic carbocycles. The van der Waals surface area contributed by atoms with Crippen LogP contribution in [-0.4, -0.2) is 0 Å². The Morgan fingerprint density at radius 3 is 1.56 bits per heavy atom. The molecular formula is C54H37N. The summed E-state index contributed by atoms with van der Waals surface area (Å²) in [5.74, 6) is 0. The molecule has 0 radical (unpaired) electrons. The van der Waals surface area contributed by atoms with Crippen molar-refractivity contribution in [3.8, 4) is 33.4 Å². The molecule has 0 amide bonds. The molecule has 0 fully saturated rings. The average Bonchev–Trinajstić information content (AvgIpc) is 3.80. The maximum Gasteiger partial charge on any atom is 0.0726 e. The Labute approximate surface area is 321 Å². The van der Waals surface area contributed by atoms with Gasteiger partial charge in [0.25, 0.3) is 0 Å². The number of benzene rings is 9. The van der Waals surface area contributed by atoms with Crippen molar-refractivity contribution in [1.82, 2.24) is 0 Å². The second-order valence-electron chi connectivity index (χ2n) is 16.0. The van der Waals surface area contributed by atoms with Crippen LogP contribution in [0.5, 0.6) is 0 Å². The summed E-state index contributed by atoms with van der Waals surface area (Å²) < 4.78 is 0. The molecule has 1 nitrogen and oxygen atoms in total. The van der Waals surface area contributed by atoms with Crippen molar-refractivity contribution < 1.29 is 0 Å². The third-order valence-electron chi connectivity index (χ3n) is 13.1. The standard InChI is InChI=1S/C54H37N/c1-53(2)45-20-9-5-16-39(45)42-31-30-37(33-50(42)53)55(36-29-28-35-27-26-34-14-3-4-15-38(34)44(35)32-36)51-25-13-24-49-52(51)43-19-8-12-23-48(43)54(49)46-21-10-6-17-40(46)41-18-7-11-22-47(41)54/h3-33H,1-2H3. The summed E-state index contributed by atoms with van der Waals surface area (Å²) in [6, 6.07) is 70.8. The topological polar surface area (TPSA) is 3.24 Å². The van der Waals surface area contributed by atoms with E-state index in [4.69, 9.17) is 0 Å². The minimum absolute atomic E-state index is 0.125. The van der Waals surface area contributed by atoms with Gasteiger partial charge in [0.1, 0.15) is 0 Å². The molecule has 0 aliphatic heterocycles. The molecule has 1 heteroatoms. The number of rotatable bonds is 3. The van der Waals surface area contributed by atoms with E-state index in [2.05, 4.69) is 207 Å². The number of hydrogen-bond donors (Lipinski definition) is 0. The molecule has 3 aliphatic rings. The zero-order valence-corrected chi connectivity index (χ0v) is 30.8. The molecule has 0 unspecified atom stereocenters. The first kappa shape index (κ1) is 30.7. The monoisotopic (exact) mass is 699 g/mol. The Kier molecular flexibility index (Phi) is 6.11. The van der Waals surface area contributed by atoms with Gasteiger partial charge in [0.15, 0.2) is 0 Å². The van der Waals surface area contributed by atoms with Crippen molar-refractivity contribution in [3.05, 3.63) is 221 Å². The highest BCUT2D eigenvalue weighted by Crippen LogP contribution is 2.65. The van der Waals surface area contributed by atoms with Crippen LogP contribution in [0, 0.1) is 0 Å². The molecular weight excluding hydrogens is 663 g/mol. The highest BCUT2D eigenvalue weighted by molar-refractivity contribution is 6.09. The van der Waals surface area contributed by atoms with Crippen molar-refractivity contribution in [3.63, 3.8) is 0 Å². The number of anilines is 3. The van der Waals surface area contributed by atoms with Crippen LogP contribution in [0.2, 0.25) is 0 Å². The van der Waals surface area contributed by atoms with Gasteiger partial charge in [-0.05, 0) is 113 Å². The van der Waals surface area contributed by atoms with E-state index >= 15 is 0 Å². The fourth-order valence-electron chi connectivity index (χ4n) is 10.7. The Hall–Kier alpha value is -6.70. The zero-order valence-electron chi connectivity index (χ0n) is 30.8. The predicted octanol–water partition coefficient (Wildman–Crippen LogP) is 14.1. The van der Waals surface area contributed by atoms with Crippen LogP contribution in [0.3, 0.4) is 0 Å². The molecule has 55 heavy (non-hydrogen) atoms. The van der Waals surface area contributed by atoms with Crippen LogP contribution in [0.4, 0.5) is 17.1 Å². The summed E-state index contributed by atoms with van der Waals surface area (Å²) in [6.07, 6.45) is 0. The van der Waals surface area contributed by atoms with Crippen molar-refractivity contribution in [1.29, 1.82) is 0 Å². The first-order chi connectivity index (χ1) is 27.0. The summed E-state index contributed by atoms with van der Waals surface area (Å²) >= 11 is 0. The van der Waals surface area contributed by atoms with Gasteiger partial charge in [-0.25, -0.2) is 0 Å². The largest absolute Gasteiger partial charge is 0.310 e. The molecule has 0 aromatic heterocycles. The Morgan fingerprint density at radius 1 is 0.345 bits per heavy atom. The van der Waals surface area contributed by atoms with Crippen molar-refractivity contribution in [2.45, 2.75) is 24.7 Å². The summed E-state index contributed by atoms with van der Waals surface area (Å²) in [6.45, 7) is 4.76. The van der Waals surface area contributed by atoms with E-state index in [1.54, 1.807) is 0 Å². The van der Waals surface area contributed by atoms with E-state index in [0.717, 1.165) is 5.69 Å². The average molecular weight is 700 g/mol. The molecule has 0 bridgehead atoms. The molecule has 0 saturated carbocycles. The van der Waals surface area contributed by atoms with E-state index in [0.29, 0.717) is 0 Å². The van der Waals surface area contributed by atoms with Gasteiger partial charge in [-0.15, -0.1) is 0 Å². The lowest BCUT2D eigenvalue weighted by Gasteiger charge is -2.32. The lowest BCUT2D eigenvalue weighted by Crippen LogP contribution is -2.26. The molecule has 258 valence electrons. The van der Waals surface area contributed by atoms with Gasteiger partial charge in [-0.1, -0.05) is 172 Å². The minimum atomic E-state index is -0.415. The molecule has 12 rings (SSSR count). The van der Waals surface area contributed by atoms with E-state index < -0.39 is 5.41 Å². The SMILES string of the molecule is CC1(C)c2ccccc2-c2ccc(N(c3ccc4ccc5ccccc5c4c3)c3cccc4c3-c3ccccc3C43c4ccccc4-c4ccccc43)cc21. The molecule has 0 heterocycles.